The second-order valence-electron chi connectivity index (χ2n) is 5.53. The smallest absolute Gasteiger partial charge is 0.243 e. The van der Waals surface area contributed by atoms with Gasteiger partial charge in [0.25, 0.3) is 0 Å². The fraction of sp³-hybridized carbons (Fsp3) is 0.533. The summed E-state index contributed by atoms with van der Waals surface area (Å²) in [4.78, 5) is 2.38. The second-order valence-corrected chi connectivity index (χ2v) is 8.71. The van der Waals surface area contributed by atoms with E-state index < -0.39 is 10.0 Å². The van der Waals surface area contributed by atoms with Gasteiger partial charge in [-0.1, -0.05) is 22.9 Å². The first-order valence-electron chi connectivity index (χ1n) is 7.65. The predicted octanol–water partition coefficient (Wildman–Crippen LogP) is 2.35. The van der Waals surface area contributed by atoms with Crippen LogP contribution in [0.2, 0.25) is 0 Å². The Labute approximate surface area is 152 Å². The first-order valence-corrected chi connectivity index (χ1v) is 10.3. The normalized spacial score (nSPS) is 16.4. The van der Waals surface area contributed by atoms with Gasteiger partial charge in [0.2, 0.25) is 10.0 Å². The Balaban J connectivity index is 2.03. The molecule has 0 unspecified atom stereocenters. The third-order valence-corrected chi connectivity index (χ3v) is 7.01. The first kappa shape index (κ1) is 18.6. The lowest BCUT2D eigenvalue weighted by Gasteiger charge is -2.35. The molecule has 1 heterocycles. The minimum absolute atomic E-state index is 0.346. The number of hydrogen-bond acceptors (Lipinski definition) is 3. The molecule has 0 aliphatic carbocycles. The summed E-state index contributed by atoms with van der Waals surface area (Å²) < 4.78 is 27.9. The number of halogens is 1. The van der Waals surface area contributed by atoms with Crippen LogP contribution < -0.4 is 5.32 Å². The number of thiocarbonyl (C=S) groups is 1. The minimum Gasteiger partial charge on any atom is -0.363 e. The van der Waals surface area contributed by atoms with Gasteiger partial charge in [-0.15, -0.1) is 0 Å². The maximum atomic E-state index is 12.7. The molecule has 0 atom stereocenters. The highest BCUT2D eigenvalue weighted by molar-refractivity contribution is 9.10. The molecule has 128 valence electrons. The largest absolute Gasteiger partial charge is 0.363 e. The van der Waals surface area contributed by atoms with Gasteiger partial charge in [0.05, 0.1) is 4.90 Å². The number of nitrogens with one attached hydrogen (secondary N) is 1. The molecule has 1 N–H and O–H groups in total. The Morgan fingerprint density at radius 1 is 1.30 bits per heavy atom. The molecule has 0 aromatic heterocycles. The second kappa shape index (κ2) is 7.92. The average Bonchev–Trinajstić information content (AvgIpc) is 2.55. The Hall–Kier alpha value is -0.700. The lowest BCUT2D eigenvalue weighted by atomic mass is 10.2. The summed E-state index contributed by atoms with van der Waals surface area (Å²) in [6, 6.07) is 5.13. The van der Waals surface area contributed by atoms with E-state index in [1.807, 2.05) is 11.8 Å². The molecule has 1 saturated heterocycles. The Morgan fingerprint density at radius 3 is 2.52 bits per heavy atom. The topological polar surface area (TPSA) is 52.6 Å². The fourth-order valence-electron chi connectivity index (χ4n) is 2.40. The van der Waals surface area contributed by atoms with E-state index >= 15 is 0 Å². The van der Waals surface area contributed by atoms with Crippen molar-refractivity contribution in [3.8, 4) is 0 Å². The molecule has 0 radical (unpaired) electrons. The van der Waals surface area contributed by atoms with E-state index in [1.165, 1.54) is 4.31 Å². The molecule has 2 rings (SSSR count). The maximum Gasteiger partial charge on any atom is 0.243 e. The number of aryl methyl sites for hydroxylation is 1. The molecular formula is C15H22BrN3O2S2. The van der Waals surface area contributed by atoms with Gasteiger partial charge in [0, 0.05) is 37.2 Å². The van der Waals surface area contributed by atoms with E-state index in [-0.39, 0.29) is 0 Å². The van der Waals surface area contributed by atoms with Crippen LogP contribution in [0.25, 0.3) is 0 Å². The van der Waals surface area contributed by atoms with Gasteiger partial charge in [-0.2, -0.15) is 4.31 Å². The zero-order valence-corrected chi connectivity index (χ0v) is 16.6. The van der Waals surface area contributed by atoms with Crippen LogP contribution in [0.1, 0.15) is 18.9 Å². The highest BCUT2D eigenvalue weighted by Gasteiger charge is 2.29. The van der Waals surface area contributed by atoms with Crippen molar-refractivity contribution in [2.24, 2.45) is 0 Å². The predicted molar refractivity (Wildman–Crippen MR) is 100 cm³/mol. The highest BCUT2D eigenvalue weighted by Crippen LogP contribution is 2.23. The summed E-state index contributed by atoms with van der Waals surface area (Å²) >= 11 is 8.74. The van der Waals surface area contributed by atoms with Crippen molar-refractivity contribution < 1.29 is 8.42 Å². The van der Waals surface area contributed by atoms with E-state index in [4.69, 9.17) is 12.2 Å². The Bertz CT molecular complexity index is 671. The van der Waals surface area contributed by atoms with E-state index in [2.05, 4.69) is 28.2 Å². The van der Waals surface area contributed by atoms with Gasteiger partial charge < -0.3 is 10.2 Å². The van der Waals surface area contributed by atoms with Crippen molar-refractivity contribution >= 4 is 43.3 Å². The molecule has 0 saturated carbocycles. The summed E-state index contributed by atoms with van der Waals surface area (Å²) in [6.45, 7) is 6.94. The molecule has 1 aromatic carbocycles. The van der Waals surface area contributed by atoms with Gasteiger partial charge in [-0.3, -0.25) is 0 Å². The summed E-state index contributed by atoms with van der Waals surface area (Å²) in [7, 11) is -3.45. The van der Waals surface area contributed by atoms with Crippen LogP contribution in [-0.2, 0) is 10.0 Å². The lowest BCUT2D eigenvalue weighted by Crippen LogP contribution is -2.53. The standard InChI is InChI=1S/C15H22BrN3O2S2/c1-3-6-17-15(22)18-7-9-19(10-8-18)23(20,21)13-4-5-14(16)12(2)11-13/h4-5,11H,3,6-10H2,1-2H3,(H,17,22). The number of nitrogens with zero attached hydrogens (tertiary/aromatic N) is 2. The maximum absolute atomic E-state index is 12.7. The quantitative estimate of drug-likeness (QED) is 0.758. The molecule has 0 spiro atoms. The fourth-order valence-corrected chi connectivity index (χ4v) is 4.44. The zero-order valence-electron chi connectivity index (χ0n) is 13.4. The van der Waals surface area contributed by atoms with Crippen LogP contribution >= 0.6 is 28.1 Å². The molecular weight excluding hydrogens is 398 g/mol. The molecule has 23 heavy (non-hydrogen) atoms. The van der Waals surface area contributed by atoms with E-state index in [9.17, 15) is 8.42 Å². The molecule has 1 aliphatic rings. The number of sulfonamides is 1. The van der Waals surface area contributed by atoms with Gasteiger partial charge in [0.15, 0.2) is 5.11 Å². The number of hydrogen-bond donors (Lipinski definition) is 1. The monoisotopic (exact) mass is 419 g/mol. The molecule has 1 fully saturated rings. The van der Waals surface area contributed by atoms with Crippen molar-refractivity contribution in [3.63, 3.8) is 0 Å². The van der Waals surface area contributed by atoms with Crippen LogP contribution in [-0.4, -0.2) is 55.5 Å². The Kier molecular flexibility index (Phi) is 6.41. The first-order chi connectivity index (χ1) is 10.9. The summed E-state index contributed by atoms with van der Waals surface area (Å²) in [5.74, 6) is 0. The molecule has 1 aromatic rings. The SMILES string of the molecule is CCCNC(=S)N1CCN(S(=O)(=O)c2ccc(Br)c(C)c2)CC1. The van der Waals surface area contributed by atoms with Crippen molar-refractivity contribution in [1.29, 1.82) is 0 Å². The van der Waals surface area contributed by atoms with Gasteiger partial charge in [-0.25, -0.2) is 8.42 Å². The van der Waals surface area contributed by atoms with Crippen LogP contribution in [0.4, 0.5) is 0 Å². The molecule has 5 nitrogen and oxygen atoms in total. The third-order valence-electron chi connectivity index (χ3n) is 3.82. The van der Waals surface area contributed by atoms with Crippen molar-refractivity contribution in [2.45, 2.75) is 25.2 Å². The minimum atomic E-state index is -3.45. The van der Waals surface area contributed by atoms with Crippen molar-refractivity contribution in [3.05, 3.63) is 28.2 Å². The van der Waals surface area contributed by atoms with Gasteiger partial charge in [-0.05, 0) is 49.3 Å². The molecule has 0 bridgehead atoms. The van der Waals surface area contributed by atoms with Gasteiger partial charge >= 0.3 is 0 Å². The van der Waals surface area contributed by atoms with Crippen LogP contribution in [0.3, 0.4) is 0 Å². The number of piperazine rings is 1. The number of rotatable bonds is 4. The summed E-state index contributed by atoms with van der Waals surface area (Å²) in [6.07, 6.45) is 1.01. The van der Waals surface area contributed by atoms with E-state index in [1.54, 1.807) is 18.2 Å². The van der Waals surface area contributed by atoms with Crippen molar-refractivity contribution in [2.75, 3.05) is 32.7 Å². The van der Waals surface area contributed by atoms with Crippen LogP contribution in [0.5, 0.6) is 0 Å². The molecule has 0 amide bonds. The highest BCUT2D eigenvalue weighted by atomic mass is 79.9. The van der Waals surface area contributed by atoms with Gasteiger partial charge in [0.1, 0.15) is 0 Å². The van der Waals surface area contributed by atoms with Crippen molar-refractivity contribution in [1.82, 2.24) is 14.5 Å². The van der Waals surface area contributed by atoms with E-state index in [0.717, 1.165) is 23.0 Å². The van der Waals surface area contributed by atoms with Crippen LogP contribution in [0, 0.1) is 6.92 Å². The van der Waals surface area contributed by atoms with Crippen LogP contribution in [0.15, 0.2) is 27.6 Å². The zero-order chi connectivity index (χ0) is 17.0. The molecule has 1 aliphatic heterocycles. The average molecular weight is 420 g/mol. The molecule has 8 heteroatoms. The number of benzene rings is 1. The summed E-state index contributed by atoms with van der Waals surface area (Å²) in [5, 5.41) is 3.90. The lowest BCUT2D eigenvalue weighted by molar-refractivity contribution is 0.264. The summed E-state index contributed by atoms with van der Waals surface area (Å²) in [5.41, 5.74) is 0.912. The third kappa shape index (κ3) is 4.43. The Morgan fingerprint density at radius 2 is 1.96 bits per heavy atom. The van der Waals surface area contributed by atoms with E-state index in [0.29, 0.717) is 36.2 Å².